The van der Waals surface area contributed by atoms with Crippen molar-refractivity contribution in [1.82, 2.24) is 5.32 Å². The summed E-state index contributed by atoms with van der Waals surface area (Å²) in [6.07, 6.45) is 0.929. The van der Waals surface area contributed by atoms with Gasteiger partial charge in [0, 0.05) is 11.4 Å². The molecule has 0 aliphatic heterocycles. The van der Waals surface area contributed by atoms with Gasteiger partial charge in [0.25, 0.3) is 0 Å². The molecule has 1 aromatic heterocycles. The fraction of sp³-hybridized carbons (Fsp3) is 0.389. The lowest BCUT2D eigenvalue weighted by atomic mass is 10.2. The Balaban J connectivity index is 0.00000338. The number of benzene rings is 1. The number of guanidine groups is 1. The van der Waals surface area contributed by atoms with E-state index in [-0.39, 0.29) is 24.0 Å². The van der Waals surface area contributed by atoms with Crippen molar-refractivity contribution in [3.05, 3.63) is 40.1 Å². The van der Waals surface area contributed by atoms with E-state index in [0.29, 0.717) is 36.4 Å². The maximum Gasteiger partial charge on any atom is 0.203 e. The second-order valence-corrected chi connectivity index (χ2v) is 6.25. The predicted molar refractivity (Wildman–Crippen MR) is 117 cm³/mol. The van der Waals surface area contributed by atoms with Crippen molar-refractivity contribution >= 4 is 41.3 Å². The minimum absolute atomic E-state index is 0. The molecule has 8 heteroatoms. The molecule has 1 heterocycles. The molecule has 0 aliphatic rings. The maximum atomic E-state index is 5.93. The molecule has 0 saturated heterocycles. The van der Waals surface area contributed by atoms with E-state index in [4.69, 9.17) is 19.9 Å². The molecule has 0 bridgehead atoms. The molecule has 0 atom stereocenters. The van der Waals surface area contributed by atoms with Crippen LogP contribution in [0.2, 0.25) is 0 Å². The SMILES string of the molecule is CCOc1c(OC)cc(CN=C(N)NCCc2cccs2)cc1OC.I. The third kappa shape index (κ3) is 6.56. The highest BCUT2D eigenvalue weighted by Gasteiger charge is 2.13. The third-order valence-electron chi connectivity index (χ3n) is 3.50. The summed E-state index contributed by atoms with van der Waals surface area (Å²) in [5, 5.41) is 5.20. The molecule has 0 radical (unpaired) electrons. The molecule has 3 N–H and O–H groups in total. The first kappa shape index (κ1) is 22.4. The zero-order chi connectivity index (χ0) is 18.1. The third-order valence-corrected chi connectivity index (χ3v) is 4.43. The lowest BCUT2D eigenvalue weighted by molar-refractivity contribution is 0.288. The lowest BCUT2D eigenvalue weighted by Crippen LogP contribution is -2.33. The van der Waals surface area contributed by atoms with Crippen LogP contribution < -0.4 is 25.3 Å². The molecule has 0 unspecified atom stereocenters. The monoisotopic (exact) mass is 491 g/mol. The molecule has 26 heavy (non-hydrogen) atoms. The molecule has 2 rings (SSSR count). The highest BCUT2D eigenvalue weighted by molar-refractivity contribution is 14.0. The summed E-state index contributed by atoms with van der Waals surface area (Å²) in [5.41, 5.74) is 6.87. The highest BCUT2D eigenvalue weighted by atomic mass is 127. The number of aliphatic imine (C=N–C) groups is 1. The van der Waals surface area contributed by atoms with E-state index < -0.39 is 0 Å². The van der Waals surface area contributed by atoms with E-state index in [1.807, 2.05) is 25.1 Å². The van der Waals surface area contributed by atoms with Crippen LogP contribution in [0.1, 0.15) is 17.4 Å². The molecule has 0 amide bonds. The standard InChI is InChI=1S/C18H25N3O3S.HI/c1-4-24-17-15(22-2)10-13(11-16(17)23-3)12-21-18(19)20-8-7-14-6-5-9-25-14;/h5-6,9-11H,4,7-8,12H2,1-3H3,(H3,19,20,21);1H. The predicted octanol–water partition coefficient (Wildman–Crippen LogP) is 3.43. The van der Waals surface area contributed by atoms with Crippen molar-refractivity contribution in [2.75, 3.05) is 27.4 Å². The number of nitrogens with two attached hydrogens (primary N) is 1. The Morgan fingerprint density at radius 3 is 2.46 bits per heavy atom. The van der Waals surface area contributed by atoms with Crippen molar-refractivity contribution in [2.24, 2.45) is 10.7 Å². The fourth-order valence-electron chi connectivity index (χ4n) is 2.31. The molecule has 144 valence electrons. The van der Waals surface area contributed by atoms with Gasteiger partial charge in [-0.15, -0.1) is 35.3 Å². The van der Waals surface area contributed by atoms with Gasteiger partial charge in [-0.1, -0.05) is 6.07 Å². The van der Waals surface area contributed by atoms with Gasteiger partial charge in [0.2, 0.25) is 5.75 Å². The number of hydrogen-bond donors (Lipinski definition) is 2. The second-order valence-electron chi connectivity index (χ2n) is 5.22. The minimum Gasteiger partial charge on any atom is -0.493 e. The van der Waals surface area contributed by atoms with Crippen molar-refractivity contribution in [3.63, 3.8) is 0 Å². The average Bonchev–Trinajstić information content (AvgIpc) is 3.14. The quantitative estimate of drug-likeness (QED) is 0.319. The maximum absolute atomic E-state index is 5.93. The summed E-state index contributed by atoms with van der Waals surface area (Å²) in [5.74, 6) is 2.26. The average molecular weight is 491 g/mol. The zero-order valence-corrected chi connectivity index (χ0v) is 18.4. The summed E-state index contributed by atoms with van der Waals surface area (Å²) < 4.78 is 16.4. The number of nitrogens with one attached hydrogen (secondary N) is 1. The first-order valence-corrected chi connectivity index (χ1v) is 8.99. The number of methoxy groups -OCH3 is 2. The topological polar surface area (TPSA) is 78.1 Å². The first-order chi connectivity index (χ1) is 12.2. The van der Waals surface area contributed by atoms with Crippen LogP contribution in [0.3, 0.4) is 0 Å². The van der Waals surface area contributed by atoms with Crippen LogP contribution in [0.25, 0.3) is 0 Å². The van der Waals surface area contributed by atoms with Gasteiger partial charge in [0.1, 0.15) is 0 Å². The molecule has 0 fully saturated rings. The molecule has 2 aromatic rings. The van der Waals surface area contributed by atoms with Crippen LogP contribution in [-0.4, -0.2) is 33.3 Å². The Hall–Kier alpha value is -1.68. The normalized spacial score (nSPS) is 10.8. The first-order valence-electron chi connectivity index (χ1n) is 8.11. The molecule has 0 aliphatic carbocycles. The van der Waals surface area contributed by atoms with Crippen LogP contribution in [0.4, 0.5) is 0 Å². The molecule has 0 saturated carbocycles. The number of ether oxygens (including phenoxy) is 3. The zero-order valence-electron chi connectivity index (χ0n) is 15.3. The van der Waals surface area contributed by atoms with Crippen LogP contribution in [-0.2, 0) is 13.0 Å². The lowest BCUT2D eigenvalue weighted by Gasteiger charge is -2.15. The number of halogens is 1. The van der Waals surface area contributed by atoms with E-state index in [0.717, 1.165) is 18.5 Å². The van der Waals surface area contributed by atoms with E-state index in [1.165, 1.54) is 4.88 Å². The Labute approximate surface area is 175 Å². The van der Waals surface area contributed by atoms with Crippen molar-refractivity contribution in [3.8, 4) is 17.2 Å². The summed E-state index contributed by atoms with van der Waals surface area (Å²) in [7, 11) is 3.20. The molecule has 0 spiro atoms. The molecular weight excluding hydrogens is 465 g/mol. The number of nitrogens with zero attached hydrogens (tertiary/aromatic N) is 1. The van der Waals surface area contributed by atoms with Gasteiger partial charge in [0.15, 0.2) is 17.5 Å². The number of thiophene rings is 1. The van der Waals surface area contributed by atoms with Gasteiger partial charge >= 0.3 is 0 Å². The fourth-order valence-corrected chi connectivity index (χ4v) is 3.02. The van der Waals surface area contributed by atoms with Crippen LogP contribution in [0.5, 0.6) is 17.2 Å². The summed E-state index contributed by atoms with van der Waals surface area (Å²) >= 11 is 1.74. The van der Waals surface area contributed by atoms with Gasteiger partial charge in [-0.25, -0.2) is 4.99 Å². The largest absolute Gasteiger partial charge is 0.493 e. The van der Waals surface area contributed by atoms with Crippen molar-refractivity contribution in [1.29, 1.82) is 0 Å². The number of hydrogen-bond acceptors (Lipinski definition) is 5. The summed E-state index contributed by atoms with van der Waals surface area (Å²) in [6, 6.07) is 7.92. The van der Waals surface area contributed by atoms with Crippen molar-refractivity contribution in [2.45, 2.75) is 19.9 Å². The van der Waals surface area contributed by atoms with E-state index in [9.17, 15) is 0 Å². The Kier molecular flexibility index (Phi) is 10.2. The summed E-state index contributed by atoms with van der Waals surface area (Å²) in [4.78, 5) is 5.70. The molecular formula is C18H26IN3O3S. The smallest absolute Gasteiger partial charge is 0.203 e. The van der Waals surface area contributed by atoms with E-state index >= 15 is 0 Å². The number of rotatable bonds is 9. The Morgan fingerprint density at radius 2 is 1.92 bits per heavy atom. The Morgan fingerprint density at radius 1 is 1.23 bits per heavy atom. The molecule has 1 aromatic carbocycles. The minimum atomic E-state index is 0. The van der Waals surface area contributed by atoms with Crippen LogP contribution >= 0.6 is 35.3 Å². The summed E-state index contributed by atoms with van der Waals surface area (Å²) in [6.45, 7) is 3.63. The Bertz CT molecular complexity index is 668. The van der Waals surface area contributed by atoms with Crippen molar-refractivity contribution < 1.29 is 14.2 Å². The van der Waals surface area contributed by atoms with Gasteiger partial charge in [-0.2, -0.15) is 0 Å². The van der Waals surface area contributed by atoms with Gasteiger partial charge in [-0.3, -0.25) is 0 Å². The van der Waals surface area contributed by atoms with Gasteiger partial charge in [0.05, 0.1) is 27.4 Å². The second kappa shape index (κ2) is 11.8. The van der Waals surface area contributed by atoms with Gasteiger partial charge < -0.3 is 25.3 Å². The highest BCUT2D eigenvalue weighted by Crippen LogP contribution is 2.38. The molecule has 6 nitrogen and oxygen atoms in total. The van der Waals surface area contributed by atoms with Crippen LogP contribution in [0, 0.1) is 0 Å². The van der Waals surface area contributed by atoms with Gasteiger partial charge in [-0.05, 0) is 42.5 Å². The van der Waals surface area contributed by atoms with E-state index in [1.54, 1.807) is 25.6 Å². The van der Waals surface area contributed by atoms with Crippen LogP contribution in [0.15, 0.2) is 34.6 Å². The van der Waals surface area contributed by atoms with E-state index in [2.05, 4.69) is 21.8 Å².